The first-order valence-electron chi connectivity index (χ1n) is 9.25. The molecule has 3 rings (SSSR count). The van der Waals surface area contributed by atoms with Gasteiger partial charge in [-0.3, -0.25) is 0 Å². The average molecular weight is 502 g/mol. The summed E-state index contributed by atoms with van der Waals surface area (Å²) in [4.78, 5) is 0. The predicted octanol–water partition coefficient (Wildman–Crippen LogP) is 5.79. The molecule has 0 amide bonds. The summed E-state index contributed by atoms with van der Waals surface area (Å²) in [5.74, 6) is 0. The van der Waals surface area contributed by atoms with Crippen molar-refractivity contribution in [2.24, 2.45) is 0 Å². The van der Waals surface area contributed by atoms with E-state index in [2.05, 4.69) is 60.5 Å². The van der Waals surface area contributed by atoms with Gasteiger partial charge in [-0.05, 0) is 65.5 Å². The summed E-state index contributed by atoms with van der Waals surface area (Å²) in [5.41, 5.74) is 4.43. The van der Waals surface area contributed by atoms with Crippen molar-refractivity contribution in [3.8, 4) is 0 Å². The molecule has 1 aliphatic carbocycles. The van der Waals surface area contributed by atoms with Crippen LogP contribution in [0.2, 0.25) is 0 Å². The number of halogens is 4. The fourth-order valence-corrected chi connectivity index (χ4v) is 2.62. The Balaban J connectivity index is 0.000000473. The van der Waals surface area contributed by atoms with Crippen molar-refractivity contribution in [1.82, 2.24) is 19.6 Å². The fourth-order valence-electron chi connectivity index (χ4n) is 2.62. The normalized spacial score (nSPS) is 15.4. The fraction of sp³-hybridized carbons (Fsp3) is 0.474. The molecule has 10 heteroatoms. The maximum absolute atomic E-state index is 9.75. The van der Waals surface area contributed by atoms with Gasteiger partial charge in [0.1, 0.15) is 6.67 Å². The molecule has 0 saturated heterocycles. The van der Waals surface area contributed by atoms with Crippen LogP contribution in [0.3, 0.4) is 0 Å². The molecule has 0 bridgehead atoms. The van der Waals surface area contributed by atoms with Gasteiger partial charge < -0.3 is 17.3 Å². The second-order valence-corrected chi connectivity index (χ2v) is 6.59. The zero-order valence-corrected chi connectivity index (χ0v) is 18.8. The zero-order valence-electron chi connectivity index (χ0n) is 17.2. The van der Waals surface area contributed by atoms with E-state index in [1.807, 2.05) is 23.2 Å². The van der Waals surface area contributed by atoms with Crippen LogP contribution in [0.15, 0.2) is 36.4 Å². The second-order valence-electron chi connectivity index (χ2n) is 6.59. The molecule has 0 spiro atoms. The Labute approximate surface area is 182 Å². The van der Waals surface area contributed by atoms with Crippen LogP contribution < -0.4 is 0 Å². The van der Waals surface area contributed by atoms with Gasteiger partial charge in [-0.2, -0.15) is 10.2 Å². The van der Waals surface area contributed by atoms with E-state index >= 15 is 0 Å². The summed E-state index contributed by atoms with van der Waals surface area (Å²) >= 11 is 0. The number of aryl methyl sites for hydroxylation is 4. The minimum Gasteiger partial charge on any atom is -0.418 e. The quantitative estimate of drug-likeness (QED) is 0.296. The van der Waals surface area contributed by atoms with Crippen LogP contribution >= 0.6 is 0 Å². The van der Waals surface area contributed by atoms with E-state index in [4.69, 9.17) is 0 Å². The average Bonchev–Trinajstić information content (AvgIpc) is 2.98. The van der Waals surface area contributed by atoms with Crippen LogP contribution in [0.25, 0.3) is 0 Å². The summed E-state index contributed by atoms with van der Waals surface area (Å²) in [5, 5.41) is 8.82. The Bertz CT molecular complexity index is 706. The molecular formula is C19H28BF4N4Rh-. The van der Waals surface area contributed by atoms with Crippen molar-refractivity contribution in [3.05, 3.63) is 59.2 Å². The largest absolute Gasteiger partial charge is 0.673 e. The van der Waals surface area contributed by atoms with E-state index in [1.54, 1.807) is 0 Å². The number of hydrogen-bond donors (Lipinski definition) is 0. The Kier molecular flexibility index (Phi) is 12.7. The first-order valence-corrected chi connectivity index (χ1v) is 9.25. The Morgan fingerprint density at radius 2 is 1.00 bits per heavy atom. The molecule has 165 valence electrons. The zero-order chi connectivity index (χ0) is 21.2. The number of allylic oxidation sites excluding steroid dienone is 4. The van der Waals surface area contributed by atoms with Gasteiger partial charge in [-0.1, -0.05) is 24.3 Å². The van der Waals surface area contributed by atoms with E-state index in [1.165, 1.54) is 37.1 Å². The monoisotopic (exact) mass is 502 g/mol. The predicted molar refractivity (Wildman–Crippen MR) is 106 cm³/mol. The van der Waals surface area contributed by atoms with Crippen molar-refractivity contribution in [1.29, 1.82) is 0 Å². The number of rotatable bonds is 2. The first-order chi connectivity index (χ1) is 13.1. The number of aromatic nitrogens is 4. The van der Waals surface area contributed by atoms with E-state index in [-0.39, 0.29) is 19.5 Å². The molecular weight excluding hydrogens is 474 g/mol. The molecule has 4 nitrogen and oxygen atoms in total. The smallest absolute Gasteiger partial charge is 0.418 e. The molecule has 2 heterocycles. The minimum atomic E-state index is -6.00. The van der Waals surface area contributed by atoms with Gasteiger partial charge in [0.05, 0.1) is 11.4 Å². The van der Waals surface area contributed by atoms with E-state index in [0.29, 0.717) is 6.67 Å². The second kappa shape index (κ2) is 13.5. The molecule has 0 fully saturated rings. The summed E-state index contributed by atoms with van der Waals surface area (Å²) in [6.45, 7) is 8.83. The van der Waals surface area contributed by atoms with Crippen LogP contribution in [-0.4, -0.2) is 26.8 Å². The summed E-state index contributed by atoms with van der Waals surface area (Å²) in [6, 6.07) is 4.15. The van der Waals surface area contributed by atoms with Gasteiger partial charge in [0.25, 0.3) is 0 Å². The van der Waals surface area contributed by atoms with Crippen LogP contribution in [0.1, 0.15) is 48.5 Å². The van der Waals surface area contributed by atoms with Gasteiger partial charge >= 0.3 is 7.25 Å². The number of hydrogen-bond acceptors (Lipinski definition) is 2. The number of nitrogens with zero attached hydrogens (tertiary/aromatic N) is 4. The van der Waals surface area contributed by atoms with Gasteiger partial charge in [-0.25, -0.2) is 9.36 Å². The molecule has 0 aromatic carbocycles. The van der Waals surface area contributed by atoms with Crippen molar-refractivity contribution in [2.75, 3.05) is 0 Å². The van der Waals surface area contributed by atoms with Crippen LogP contribution in [0, 0.1) is 27.7 Å². The van der Waals surface area contributed by atoms with Gasteiger partial charge in [0.15, 0.2) is 0 Å². The van der Waals surface area contributed by atoms with Crippen molar-refractivity contribution >= 4 is 7.25 Å². The summed E-state index contributed by atoms with van der Waals surface area (Å²) in [7, 11) is -6.00. The molecule has 0 unspecified atom stereocenters. The summed E-state index contributed by atoms with van der Waals surface area (Å²) in [6.07, 6.45) is 14.0. The maximum Gasteiger partial charge on any atom is 0.673 e. The molecule has 1 aliphatic rings. The molecule has 2 aromatic rings. The van der Waals surface area contributed by atoms with E-state index in [0.717, 1.165) is 11.4 Å². The third kappa shape index (κ3) is 13.2. The van der Waals surface area contributed by atoms with Gasteiger partial charge in [-0.15, -0.1) is 0 Å². The van der Waals surface area contributed by atoms with E-state index < -0.39 is 7.25 Å². The van der Waals surface area contributed by atoms with Gasteiger partial charge in [0, 0.05) is 30.9 Å². The molecule has 29 heavy (non-hydrogen) atoms. The summed E-state index contributed by atoms with van der Waals surface area (Å²) < 4.78 is 42.9. The molecule has 0 atom stereocenters. The van der Waals surface area contributed by atoms with Gasteiger partial charge in [0.2, 0.25) is 0 Å². The van der Waals surface area contributed by atoms with Crippen molar-refractivity contribution in [3.63, 3.8) is 0 Å². The molecule has 0 aliphatic heterocycles. The van der Waals surface area contributed by atoms with Crippen LogP contribution in [-0.2, 0) is 26.1 Å². The molecule has 1 radical (unpaired) electrons. The topological polar surface area (TPSA) is 35.6 Å². The third-order valence-corrected chi connectivity index (χ3v) is 3.81. The molecule has 2 aromatic heterocycles. The van der Waals surface area contributed by atoms with E-state index in [9.17, 15) is 17.3 Å². The Hall–Kier alpha value is -1.69. The molecule has 0 saturated carbocycles. The Morgan fingerprint density at radius 3 is 1.21 bits per heavy atom. The van der Waals surface area contributed by atoms with Crippen molar-refractivity contribution in [2.45, 2.75) is 60.0 Å². The maximum atomic E-state index is 9.75. The van der Waals surface area contributed by atoms with Crippen LogP contribution in [0.5, 0.6) is 0 Å². The minimum absolute atomic E-state index is 0. The van der Waals surface area contributed by atoms with Crippen molar-refractivity contribution < 1.29 is 36.7 Å². The third-order valence-electron chi connectivity index (χ3n) is 3.81. The standard InChI is InChI=1S/C11H16N4.C8H12.BF4.Rh/c1-8-5-10(3)14(12-8)7-15-11(4)6-9(2)13-15;1-2-4-6-8-7-5-3-1;2-1(3,4)5;/h5-6H,7H2,1-4H3;1-2,7-8H,3-6H2;;/q;;-1;/b;2-1-,8-7-;;. The SMILES string of the molecule is C1=C\CC/C=C\CC/1.Cc1cc(C)n(Cn2nc(C)cc2C)n1.F[B-](F)(F)F.[Rh]. The Morgan fingerprint density at radius 1 is 0.724 bits per heavy atom. The van der Waals surface area contributed by atoms with Crippen LogP contribution in [0.4, 0.5) is 17.3 Å². The first kappa shape index (κ1) is 27.3. The molecule has 0 N–H and O–H groups in total.